The maximum Gasteiger partial charge on any atom is 0.387 e. The number of aromatic nitrogens is 3. The Morgan fingerprint density at radius 2 is 2.09 bits per heavy atom. The fourth-order valence-electron chi connectivity index (χ4n) is 3.25. The van der Waals surface area contributed by atoms with Crippen molar-refractivity contribution in [3.05, 3.63) is 65.7 Å². The topological polar surface area (TPSA) is 109 Å². The number of ether oxygens (including phenoxy) is 2. The molecule has 166 valence electrons. The number of rotatable bonds is 6. The van der Waals surface area contributed by atoms with E-state index >= 15 is 0 Å². The lowest BCUT2D eigenvalue weighted by Gasteiger charge is -2.20. The molecule has 0 unspecified atom stereocenters. The average molecular weight is 443 g/mol. The van der Waals surface area contributed by atoms with Gasteiger partial charge >= 0.3 is 6.61 Å². The third-order valence-corrected chi connectivity index (χ3v) is 4.81. The van der Waals surface area contributed by atoms with Gasteiger partial charge in [-0.05, 0) is 17.7 Å². The van der Waals surface area contributed by atoms with Gasteiger partial charge in [-0.3, -0.25) is 14.7 Å². The van der Waals surface area contributed by atoms with Crippen LogP contribution < -0.4 is 19.7 Å². The van der Waals surface area contributed by atoms with Crippen LogP contribution in [-0.4, -0.2) is 53.3 Å². The molecule has 3 aromatic rings. The average Bonchev–Trinajstić information content (AvgIpc) is 3.20. The number of H-pyrrole nitrogens is 1. The summed E-state index contributed by atoms with van der Waals surface area (Å²) in [5.41, 5.74) is 1.36. The first kappa shape index (κ1) is 21.2. The van der Waals surface area contributed by atoms with Gasteiger partial charge in [-0.25, -0.2) is 4.98 Å². The molecule has 9 nitrogen and oxygen atoms in total. The molecule has 2 aromatic carbocycles. The number of nitrogens with one attached hydrogen (secondary N) is 2. The minimum Gasteiger partial charge on any atom is -0.489 e. The van der Waals surface area contributed by atoms with Gasteiger partial charge in [0.15, 0.2) is 0 Å². The van der Waals surface area contributed by atoms with E-state index in [1.54, 1.807) is 0 Å². The number of carbonyl (C=O) groups excluding carboxylic acids is 2. The number of fused-ring (bicyclic) bond motifs is 1. The minimum absolute atomic E-state index is 0.103. The van der Waals surface area contributed by atoms with Gasteiger partial charge in [0.05, 0.1) is 5.69 Å². The second-order valence-corrected chi connectivity index (χ2v) is 7.01. The lowest BCUT2D eigenvalue weighted by Crippen LogP contribution is -2.49. The molecule has 0 aliphatic carbocycles. The largest absolute Gasteiger partial charge is 0.489 e. The Kier molecular flexibility index (Phi) is 5.97. The Balaban J connectivity index is 1.44. The summed E-state index contributed by atoms with van der Waals surface area (Å²) in [5, 5.41) is 9.20. The number of halogens is 2. The summed E-state index contributed by atoms with van der Waals surface area (Å²) < 4.78 is 34.9. The number of aromatic amines is 1. The van der Waals surface area contributed by atoms with Crippen LogP contribution in [-0.2, 0) is 11.2 Å². The summed E-state index contributed by atoms with van der Waals surface area (Å²) >= 11 is 0. The number of alkyl halides is 2. The first-order valence-electron chi connectivity index (χ1n) is 9.66. The third kappa shape index (κ3) is 4.66. The van der Waals surface area contributed by atoms with Crippen LogP contribution in [0, 0.1) is 0 Å². The van der Waals surface area contributed by atoms with Crippen molar-refractivity contribution < 1.29 is 27.8 Å². The molecule has 1 aliphatic rings. The van der Waals surface area contributed by atoms with E-state index in [-0.39, 0.29) is 23.9 Å². The summed E-state index contributed by atoms with van der Waals surface area (Å²) in [5.74, 6) is -0.627. The van der Waals surface area contributed by atoms with Gasteiger partial charge in [0.1, 0.15) is 30.0 Å². The van der Waals surface area contributed by atoms with Gasteiger partial charge in [-0.2, -0.15) is 8.78 Å². The second kappa shape index (κ2) is 9.00. The van der Waals surface area contributed by atoms with Crippen LogP contribution in [0.5, 0.6) is 11.5 Å². The molecule has 0 spiro atoms. The molecule has 0 saturated heterocycles. The summed E-state index contributed by atoms with van der Waals surface area (Å²) in [6.07, 6.45) is 0.466. The van der Waals surface area contributed by atoms with Crippen LogP contribution in [0.1, 0.15) is 22.0 Å². The fraction of sp³-hybridized carbons (Fsp3) is 0.238. The smallest absolute Gasteiger partial charge is 0.387 e. The van der Waals surface area contributed by atoms with Crippen molar-refractivity contribution in [2.75, 3.05) is 18.6 Å². The molecule has 0 saturated carbocycles. The Bertz CT molecular complexity index is 1120. The maximum atomic E-state index is 12.8. The SMILES string of the molecule is CN1C(=O)[C@@H](NC(=O)c2n[nH]c(Cc3ccccc3)n2)COc2cc(OC(F)F)ccc21. The zero-order valence-electron chi connectivity index (χ0n) is 16.9. The van der Waals surface area contributed by atoms with E-state index in [2.05, 4.69) is 25.2 Å². The van der Waals surface area contributed by atoms with Crippen molar-refractivity contribution in [1.29, 1.82) is 0 Å². The van der Waals surface area contributed by atoms with Gasteiger partial charge in [-0.1, -0.05) is 30.3 Å². The zero-order chi connectivity index (χ0) is 22.7. The van der Waals surface area contributed by atoms with E-state index in [1.807, 2.05) is 30.3 Å². The fourth-order valence-corrected chi connectivity index (χ4v) is 3.25. The van der Waals surface area contributed by atoms with Crippen LogP contribution in [0.25, 0.3) is 0 Å². The van der Waals surface area contributed by atoms with E-state index in [9.17, 15) is 18.4 Å². The molecule has 32 heavy (non-hydrogen) atoms. The monoisotopic (exact) mass is 443 g/mol. The summed E-state index contributed by atoms with van der Waals surface area (Å²) in [6.45, 7) is -3.19. The quantitative estimate of drug-likeness (QED) is 0.604. The molecule has 1 aromatic heterocycles. The number of hydrogen-bond acceptors (Lipinski definition) is 6. The van der Waals surface area contributed by atoms with E-state index < -0.39 is 24.5 Å². The molecule has 2 heterocycles. The Morgan fingerprint density at radius 1 is 1.31 bits per heavy atom. The number of amides is 2. The third-order valence-electron chi connectivity index (χ3n) is 4.81. The number of benzene rings is 2. The Morgan fingerprint density at radius 3 is 2.84 bits per heavy atom. The van der Waals surface area contributed by atoms with Crippen molar-refractivity contribution in [2.45, 2.75) is 19.1 Å². The maximum absolute atomic E-state index is 12.8. The van der Waals surface area contributed by atoms with Crippen molar-refractivity contribution in [1.82, 2.24) is 20.5 Å². The molecule has 4 rings (SSSR count). The van der Waals surface area contributed by atoms with Gasteiger partial charge in [0.2, 0.25) is 5.82 Å². The highest BCUT2D eigenvalue weighted by Gasteiger charge is 2.32. The van der Waals surface area contributed by atoms with Crippen molar-refractivity contribution >= 4 is 17.5 Å². The lowest BCUT2D eigenvalue weighted by atomic mass is 10.1. The van der Waals surface area contributed by atoms with Crippen molar-refractivity contribution in [2.24, 2.45) is 0 Å². The van der Waals surface area contributed by atoms with E-state index in [0.717, 1.165) is 5.56 Å². The minimum atomic E-state index is -2.99. The highest BCUT2D eigenvalue weighted by atomic mass is 19.3. The number of nitrogens with zero attached hydrogens (tertiary/aromatic N) is 3. The number of likely N-dealkylation sites (N-methyl/N-ethyl adjacent to an activating group) is 1. The summed E-state index contributed by atoms with van der Waals surface area (Å²) in [7, 11) is 1.49. The molecule has 2 N–H and O–H groups in total. The molecule has 0 radical (unpaired) electrons. The standard InChI is InChI=1S/C21H19F2N5O4/c1-28-15-8-7-13(32-21(22)23)10-16(15)31-11-14(20(28)30)24-19(29)18-25-17(26-27-18)9-12-5-3-2-4-6-12/h2-8,10,14,21H,9,11H2,1H3,(H,24,29)(H,25,26,27)/t14-/m0/s1. The van der Waals surface area contributed by atoms with Crippen LogP contribution in [0.2, 0.25) is 0 Å². The van der Waals surface area contributed by atoms with Crippen LogP contribution in [0.15, 0.2) is 48.5 Å². The molecule has 0 bridgehead atoms. The van der Waals surface area contributed by atoms with E-state index in [0.29, 0.717) is 17.9 Å². The molecule has 11 heteroatoms. The molecule has 2 amide bonds. The molecular weight excluding hydrogens is 424 g/mol. The van der Waals surface area contributed by atoms with Crippen LogP contribution in [0.4, 0.5) is 14.5 Å². The molecule has 1 aliphatic heterocycles. The predicted octanol–water partition coefficient (Wildman–Crippen LogP) is 2.15. The number of carbonyl (C=O) groups is 2. The van der Waals surface area contributed by atoms with Crippen LogP contribution >= 0.6 is 0 Å². The number of anilines is 1. The Hall–Kier alpha value is -4.02. The molecule has 0 fully saturated rings. The molecule has 1 atom stereocenters. The zero-order valence-corrected chi connectivity index (χ0v) is 16.9. The van der Waals surface area contributed by atoms with E-state index in [1.165, 1.54) is 30.1 Å². The van der Waals surface area contributed by atoms with Gasteiger partial charge < -0.3 is 19.7 Å². The Labute approximate surface area is 181 Å². The first-order valence-corrected chi connectivity index (χ1v) is 9.66. The normalized spacial score (nSPS) is 15.7. The predicted molar refractivity (Wildman–Crippen MR) is 109 cm³/mol. The van der Waals surface area contributed by atoms with Gasteiger partial charge in [0.25, 0.3) is 11.8 Å². The first-order chi connectivity index (χ1) is 15.4. The van der Waals surface area contributed by atoms with Crippen LogP contribution in [0.3, 0.4) is 0 Å². The second-order valence-electron chi connectivity index (χ2n) is 7.01. The van der Waals surface area contributed by atoms with Gasteiger partial charge in [-0.15, -0.1) is 5.10 Å². The van der Waals surface area contributed by atoms with Crippen molar-refractivity contribution in [3.8, 4) is 11.5 Å². The van der Waals surface area contributed by atoms with Gasteiger partial charge in [0, 0.05) is 19.5 Å². The lowest BCUT2D eigenvalue weighted by molar-refractivity contribution is -0.120. The van der Waals surface area contributed by atoms with E-state index in [4.69, 9.17) is 4.74 Å². The number of hydrogen-bond donors (Lipinski definition) is 2. The summed E-state index contributed by atoms with van der Waals surface area (Å²) in [6, 6.07) is 12.5. The summed E-state index contributed by atoms with van der Waals surface area (Å²) in [4.78, 5) is 30.9. The highest BCUT2D eigenvalue weighted by molar-refractivity contribution is 6.02. The van der Waals surface area contributed by atoms with Crippen molar-refractivity contribution in [3.63, 3.8) is 0 Å². The molecular formula is C21H19F2N5O4. The highest BCUT2D eigenvalue weighted by Crippen LogP contribution is 2.34.